The highest BCUT2D eigenvalue weighted by molar-refractivity contribution is 7.92. The molecule has 0 bridgehead atoms. The summed E-state index contributed by atoms with van der Waals surface area (Å²) in [5.41, 5.74) is 0. The average Bonchev–Trinajstić information content (AvgIpc) is 2.26. The molecule has 0 aromatic heterocycles. The Hall–Kier alpha value is -0.580. The molecule has 0 amide bonds. The minimum absolute atomic E-state index is 0.0412. The van der Waals surface area contributed by atoms with Crippen molar-refractivity contribution in [1.82, 2.24) is 0 Å². The highest BCUT2D eigenvalue weighted by Gasteiger charge is 2.26. The van der Waals surface area contributed by atoms with Crippen LogP contribution in [0.15, 0.2) is 23.1 Å². The van der Waals surface area contributed by atoms with Gasteiger partial charge in [-0.05, 0) is 18.6 Å². The summed E-state index contributed by atoms with van der Waals surface area (Å²) >= 11 is 11.7. The summed E-state index contributed by atoms with van der Waals surface area (Å²) in [6.45, 7) is 3.53. The Kier molecular flexibility index (Phi) is 5.20. The van der Waals surface area contributed by atoms with Gasteiger partial charge < -0.3 is 0 Å². The number of hydrogen-bond acceptors (Lipinski definition) is 3. The second-order valence-corrected chi connectivity index (χ2v) is 6.83. The van der Waals surface area contributed by atoms with Crippen LogP contribution >= 0.6 is 23.2 Å². The van der Waals surface area contributed by atoms with Crippen molar-refractivity contribution in [2.75, 3.05) is 5.75 Å². The highest BCUT2D eigenvalue weighted by Crippen LogP contribution is 2.30. The Morgan fingerprint density at radius 2 is 1.78 bits per heavy atom. The number of Topliss-reactive ketones (excluding diaryl/α,β-unsaturated/α-hetero) is 1. The largest absolute Gasteiger partial charge is 0.298 e. The molecule has 1 aromatic carbocycles. The molecule has 1 unspecified atom stereocenters. The van der Waals surface area contributed by atoms with Crippen LogP contribution in [0.25, 0.3) is 0 Å². The summed E-state index contributed by atoms with van der Waals surface area (Å²) in [5, 5.41) is 0.0823. The Morgan fingerprint density at radius 3 is 2.22 bits per heavy atom. The highest BCUT2D eigenvalue weighted by atomic mass is 35.5. The lowest BCUT2D eigenvalue weighted by atomic mass is 10.1. The third-order valence-electron chi connectivity index (χ3n) is 2.72. The minimum Gasteiger partial charge on any atom is -0.298 e. The van der Waals surface area contributed by atoms with Gasteiger partial charge in [0.05, 0.1) is 10.0 Å². The Labute approximate surface area is 117 Å². The fourth-order valence-electron chi connectivity index (χ4n) is 1.41. The molecule has 0 aliphatic rings. The predicted octanol–water partition coefficient (Wildman–Crippen LogP) is 3.38. The van der Waals surface area contributed by atoms with E-state index in [0.717, 1.165) is 0 Å². The maximum Gasteiger partial charge on any atom is 0.188 e. The van der Waals surface area contributed by atoms with Gasteiger partial charge in [0, 0.05) is 5.92 Å². The molecule has 6 heteroatoms. The summed E-state index contributed by atoms with van der Waals surface area (Å²) in [7, 11) is -3.79. The number of hydrogen-bond donors (Lipinski definition) is 0. The molecule has 0 radical (unpaired) electrons. The monoisotopic (exact) mass is 308 g/mol. The zero-order chi connectivity index (χ0) is 13.9. The molecule has 0 heterocycles. The Balaban J connectivity index is 3.12. The van der Waals surface area contributed by atoms with E-state index in [0.29, 0.717) is 6.42 Å². The first-order valence-corrected chi connectivity index (χ1v) is 7.90. The zero-order valence-electron chi connectivity index (χ0n) is 10.1. The summed E-state index contributed by atoms with van der Waals surface area (Å²) in [6.07, 6.45) is 0.602. The first kappa shape index (κ1) is 15.5. The van der Waals surface area contributed by atoms with Crippen molar-refractivity contribution in [2.24, 2.45) is 5.92 Å². The molecule has 0 spiro atoms. The summed E-state index contributed by atoms with van der Waals surface area (Å²) in [4.78, 5) is 11.6. The van der Waals surface area contributed by atoms with Crippen LogP contribution < -0.4 is 0 Å². The van der Waals surface area contributed by atoms with E-state index < -0.39 is 15.6 Å². The Morgan fingerprint density at radius 1 is 1.28 bits per heavy atom. The van der Waals surface area contributed by atoms with Gasteiger partial charge in [-0.3, -0.25) is 4.79 Å². The van der Waals surface area contributed by atoms with Crippen molar-refractivity contribution in [3.8, 4) is 0 Å². The van der Waals surface area contributed by atoms with Gasteiger partial charge in [-0.25, -0.2) is 8.42 Å². The molecule has 0 saturated carbocycles. The van der Waals surface area contributed by atoms with Crippen LogP contribution in [0.5, 0.6) is 0 Å². The van der Waals surface area contributed by atoms with Gasteiger partial charge in [-0.15, -0.1) is 0 Å². The molecular formula is C12H14Cl2O3S. The van der Waals surface area contributed by atoms with Crippen molar-refractivity contribution in [3.05, 3.63) is 28.2 Å². The molecule has 0 N–H and O–H groups in total. The van der Waals surface area contributed by atoms with E-state index in [-0.39, 0.29) is 26.6 Å². The molecule has 0 fully saturated rings. The Bertz CT molecular complexity index is 532. The van der Waals surface area contributed by atoms with Gasteiger partial charge in [0.15, 0.2) is 15.6 Å². The number of halogens is 2. The predicted molar refractivity (Wildman–Crippen MR) is 73.0 cm³/mol. The zero-order valence-corrected chi connectivity index (χ0v) is 12.4. The molecule has 100 valence electrons. The second-order valence-electron chi connectivity index (χ2n) is 4.09. The topological polar surface area (TPSA) is 51.2 Å². The summed E-state index contributed by atoms with van der Waals surface area (Å²) in [6, 6.07) is 4.43. The van der Waals surface area contributed by atoms with Crippen molar-refractivity contribution < 1.29 is 13.2 Å². The van der Waals surface area contributed by atoms with E-state index in [1.54, 1.807) is 13.0 Å². The molecule has 3 nitrogen and oxygen atoms in total. The lowest BCUT2D eigenvalue weighted by Gasteiger charge is -2.10. The first-order chi connectivity index (χ1) is 8.29. The van der Waals surface area contributed by atoms with Crippen molar-refractivity contribution >= 4 is 38.8 Å². The number of ketones is 1. The van der Waals surface area contributed by atoms with Gasteiger partial charge in [-0.2, -0.15) is 0 Å². The molecular weight excluding hydrogens is 295 g/mol. The lowest BCUT2D eigenvalue weighted by molar-refractivity contribution is -0.119. The normalized spacial score (nSPS) is 13.3. The number of carbonyl (C=O) groups is 1. The first-order valence-electron chi connectivity index (χ1n) is 5.49. The summed E-state index contributed by atoms with van der Waals surface area (Å²) in [5.74, 6) is -1.18. The number of carbonyl (C=O) groups excluding carboxylic acids is 1. The molecule has 0 aliphatic heterocycles. The third kappa shape index (κ3) is 3.46. The van der Waals surface area contributed by atoms with Crippen LogP contribution in [0, 0.1) is 5.92 Å². The van der Waals surface area contributed by atoms with Gasteiger partial charge >= 0.3 is 0 Å². The van der Waals surface area contributed by atoms with Crippen molar-refractivity contribution in [1.29, 1.82) is 0 Å². The maximum atomic E-state index is 12.1. The third-order valence-corrected chi connectivity index (χ3v) is 5.30. The number of sulfone groups is 1. The van der Waals surface area contributed by atoms with E-state index in [9.17, 15) is 13.2 Å². The number of rotatable bonds is 5. The van der Waals surface area contributed by atoms with E-state index >= 15 is 0 Å². The van der Waals surface area contributed by atoms with Crippen LogP contribution in [0.2, 0.25) is 10.0 Å². The van der Waals surface area contributed by atoms with Gasteiger partial charge in [0.1, 0.15) is 10.6 Å². The van der Waals surface area contributed by atoms with Crippen molar-refractivity contribution in [3.63, 3.8) is 0 Å². The van der Waals surface area contributed by atoms with Crippen LogP contribution in [0.3, 0.4) is 0 Å². The van der Waals surface area contributed by atoms with Crippen LogP contribution in [0.1, 0.15) is 20.3 Å². The van der Waals surface area contributed by atoms with Crippen LogP contribution in [0.4, 0.5) is 0 Å². The average molecular weight is 309 g/mol. The molecule has 0 aliphatic carbocycles. The van der Waals surface area contributed by atoms with E-state index in [1.165, 1.54) is 12.1 Å². The molecule has 0 saturated heterocycles. The van der Waals surface area contributed by atoms with E-state index in [2.05, 4.69) is 0 Å². The lowest BCUT2D eigenvalue weighted by Crippen LogP contribution is -2.22. The van der Waals surface area contributed by atoms with Crippen LogP contribution in [-0.2, 0) is 14.6 Å². The van der Waals surface area contributed by atoms with Gasteiger partial charge in [0.2, 0.25) is 0 Å². The maximum absolute atomic E-state index is 12.1. The molecule has 1 aromatic rings. The standard InChI is InChI=1S/C12H14Cl2O3S/c1-3-8(2)11(15)7-18(16,17)12-9(13)5-4-6-10(12)14/h4-6,8H,3,7H2,1-2H3. The van der Waals surface area contributed by atoms with Gasteiger partial charge in [0.25, 0.3) is 0 Å². The fourth-order valence-corrected chi connectivity index (χ4v) is 4.05. The SMILES string of the molecule is CCC(C)C(=O)CS(=O)(=O)c1c(Cl)cccc1Cl. The second kappa shape index (κ2) is 6.04. The van der Waals surface area contributed by atoms with E-state index in [4.69, 9.17) is 23.2 Å². The number of benzene rings is 1. The van der Waals surface area contributed by atoms with Crippen molar-refractivity contribution in [2.45, 2.75) is 25.2 Å². The van der Waals surface area contributed by atoms with Gasteiger partial charge in [-0.1, -0.05) is 43.1 Å². The summed E-state index contributed by atoms with van der Waals surface area (Å²) < 4.78 is 24.2. The van der Waals surface area contributed by atoms with E-state index in [1.807, 2.05) is 6.92 Å². The fraction of sp³-hybridized carbons (Fsp3) is 0.417. The molecule has 1 atom stereocenters. The minimum atomic E-state index is -3.79. The molecule has 1 rings (SSSR count). The van der Waals surface area contributed by atoms with Crippen LogP contribution in [-0.4, -0.2) is 20.0 Å². The quantitative estimate of drug-likeness (QED) is 0.838. The smallest absolute Gasteiger partial charge is 0.188 e. The molecule has 18 heavy (non-hydrogen) atoms.